The first kappa shape index (κ1) is 14.7. The molecule has 0 aromatic heterocycles. The summed E-state index contributed by atoms with van der Waals surface area (Å²) < 4.78 is 5.13. The summed E-state index contributed by atoms with van der Waals surface area (Å²) in [7, 11) is 0. The molecule has 1 atom stereocenters. The highest BCUT2D eigenvalue weighted by atomic mass is 16.6. The van der Waals surface area contributed by atoms with Gasteiger partial charge in [0.2, 0.25) is 6.41 Å². The number of alkyl carbamates (subject to hydrolysis) is 1. The zero-order valence-electron chi connectivity index (χ0n) is 10.7. The zero-order chi connectivity index (χ0) is 12.8. The van der Waals surface area contributed by atoms with Crippen LogP contribution in [0.2, 0.25) is 0 Å². The maximum atomic E-state index is 11.5. The van der Waals surface area contributed by atoms with E-state index in [1.165, 1.54) is 0 Å². The monoisotopic (exact) mass is 230 g/mol. The molecule has 94 valence electrons. The van der Waals surface area contributed by atoms with Crippen LogP contribution in [0.1, 0.15) is 34.6 Å². The molecule has 0 spiro atoms. The molecule has 0 fully saturated rings. The number of hydrogen-bond acceptors (Lipinski definition) is 3. The topological polar surface area (TPSA) is 67.4 Å². The Labute approximate surface area is 96.9 Å². The highest BCUT2D eigenvalue weighted by Crippen LogP contribution is 2.08. The summed E-state index contributed by atoms with van der Waals surface area (Å²) in [5.74, 6) is 0.222. The van der Waals surface area contributed by atoms with Crippen LogP contribution in [-0.4, -0.2) is 30.7 Å². The summed E-state index contributed by atoms with van der Waals surface area (Å²) >= 11 is 0. The van der Waals surface area contributed by atoms with E-state index in [1.807, 2.05) is 13.8 Å². The number of amides is 2. The zero-order valence-corrected chi connectivity index (χ0v) is 10.7. The molecular weight excluding hydrogens is 208 g/mol. The molecule has 0 bridgehead atoms. The first-order valence-corrected chi connectivity index (χ1v) is 5.43. The Balaban J connectivity index is 4.18. The van der Waals surface area contributed by atoms with Crippen molar-refractivity contribution >= 4 is 12.5 Å². The lowest BCUT2D eigenvalue weighted by atomic mass is 10.1. The number of hydrogen-bond donors (Lipinski definition) is 2. The Hall–Kier alpha value is -1.26. The molecule has 2 amide bonds. The summed E-state index contributed by atoms with van der Waals surface area (Å²) in [6.45, 7) is 9.76. The maximum absolute atomic E-state index is 11.5. The molecule has 0 aliphatic carbocycles. The summed E-state index contributed by atoms with van der Waals surface area (Å²) in [5.41, 5.74) is -0.510. The van der Waals surface area contributed by atoms with Crippen LogP contribution in [-0.2, 0) is 9.53 Å². The third kappa shape index (κ3) is 7.09. The van der Waals surface area contributed by atoms with Crippen LogP contribution < -0.4 is 10.6 Å². The number of carbonyl (C=O) groups excluding carboxylic acids is 2. The van der Waals surface area contributed by atoms with E-state index >= 15 is 0 Å². The van der Waals surface area contributed by atoms with E-state index in [0.29, 0.717) is 13.0 Å². The minimum Gasteiger partial charge on any atom is -0.444 e. The maximum Gasteiger partial charge on any atom is 0.407 e. The second kappa shape index (κ2) is 6.35. The van der Waals surface area contributed by atoms with E-state index in [2.05, 4.69) is 10.6 Å². The quantitative estimate of drug-likeness (QED) is 0.699. The van der Waals surface area contributed by atoms with Crippen LogP contribution in [0.4, 0.5) is 4.79 Å². The minimum atomic E-state index is -0.510. The smallest absolute Gasteiger partial charge is 0.407 e. The molecule has 0 saturated carbocycles. The molecule has 16 heavy (non-hydrogen) atoms. The molecule has 2 N–H and O–H groups in total. The molecule has 0 radical (unpaired) electrons. The lowest BCUT2D eigenvalue weighted by Gasteiger charge is -2.25. The van der Waals surface area contributed by atoms with Crippen molar-refractivity contribution < 1.29 is 14.3 Å². The minimum absolute atomic E-state index is 0.125. The lowest BCUT2D eigenvalue weighted by Crippen LogP contribution is -2.46. The van der Waals surface area contributed by atoms with Gasteiger partial charge in [-0.3, -0.25) is 4.79 Å². The Morgan fingerprint density at radius 1 is 1.38 bits per heavy atom. The Morgan fingerprint density at radius 2 is 1.94 bits per heavy atom. The van der Waals surface area contributed by atoms with E-state index in [4.69, 9.17) is 4.74 Å². The lowest BCUT2D eigenvalue weighted by molar-refractivity contribution is -0.109. The number of ether oxygens (including phenoxy) is 1. The summed E-state index contributed by atoms with van der Waals surface area (Å²) in [6.07, 6.45) is 0.158. The van der Waals surface area contributed by atoms with Crippen molar-refractivity contribution in [3.63, 3.8) is 0 Å². The Morgan fingerprint density at radius 3 is 2.31 bits per heavy atom. The normalized spacial score (nSPS) is 13.1. The van der Waals surface area contributed by atoms with Gasteiger partial charge in [-0.25, -0.2) is 4.79 Å². The van der Waals surface area contributed by atoms with Gasteiger partial charge in [0.05, 0.1) is 6.04 Å². The van der Waals surface area contributed by atoms with Crippen LogP contribution in [0, 0.1) is 5.92 Å². The summed E-state index contributed by atoms with van der Waals surface area (Å²) in [4.78, 5) is 21.7. The third-order valence-corrected chi connectivity index (χ3v) is 1.93. The molecular formula is C11H22N2O3. The molecule has 1 unspecified atom stereocenters. The summed E-state index contributed by atoms with van der Waals surface area (Å²) in [5, 5.41) is 5.27. The molecule has 0 saturated heterocycles. The standard InChI is InChI=1S/C11H22N2O3/c1-8(2)9(6-12-7-14)13-10(15)16-11(3,4)5/h7-9H,6H2,1-5H3,(H,12,14)(H,13,15). The van der Waals surface area contributed by atoms with Crippen LogP contribution in [0.3, 0.4) is 0 Å². The molecule has 0 rings (SSSR count). The van der Waals surface area contributed by atoms with Gasteiger partial charge in [0, 0.05) is 6.54 Å². The van der Waals surface area contributed by atoms with Crippen molar-refractivity contribution in [1.82, 2.24) is 10.6 Å². The van der Waals surface area contributed by atoms with Gasteiger partial charge in [0.1, 0.15) is 5.60 Å². The third-order valence-electron chi connectivity index (χ3n) is 1.93. The van der Waals surface area contributed by atoms with Crippen LogP contribution in [0.15, 0.2) is 0 Å². The van der Waals surface area contributed by atoms with Gasteiger partial charge >= 0.3 is 6.09 Å². The second-order valence-corrected chi connectivity index (χ2v) is 5.02. The van der Waals surface area contributed by atoms with Crippen LogP contribution in [0.5, 0.6) is 0 Å². The van der Waals surface area contributed by atoms with E-state index in [0.717, 1.165) is 0 Å². The van der Waals surface area contributed by atoms with Crippen molar-refractivity contribution in [2.24, 2.45) is 5.92 Å². The van der Waals surface area contributed by atoms with Crippen LogP contribution in [0.25, 0.3) is 0 Å². The van der Waals surface area contributed by atoms with Crippen molar-refractivity contribution in [3.8, 4) is 0 Å². The fourth-order valence-electron chi connectivity index (χ4n) is 1.09. The van der Waals surface area contributed by atoms with Gasteiger partial charge in [-0.2, -0.15) is 0 Å². The number of nitrogens with one attached hydrogen (secondary N) is 2. The van der Waals surface area contributed by atoms with Gasteiger partial charge < -0.3 is 15.4 Å². The van der Waals surface area contributed by atoms with Crippen molar-refractivity contribution in [3.05, 3.63) is 0 Å². The predicted octanol–water partition coefficient (Wildman–Crippen LogP) is 1.28. The molecule has 5 heteroatoms. The van der Waals surface area contributed by atoms with Gasteiger partial charge in [-0.15, -0.1) is 0 Å². The van der Waals surface area contributed by atoms with Crippen molar-refractivity contribution in [2.75, 3.05) is 6.54 Å². The largest absolute Gasteiger partial charge is 0.444 e. The number of carbonyl (C=O) groups is 2. The van der Waals surface area contributed by atoms with E-state index in [9.17, 15) is 9.59 Å². The fourth-order valence-corrected chi connectivity index (χ4v) is 1.09. The predicted molar refractivity (Wildman–Crippen MR) is 62.1 cm³/mol. The summed E-state index contributed by atoms with van der Waals surface area (Å²) in [6, 6.07) is -0.125. The first-order valence-electron chi connectivity index (χ1n) is 5.43. The molecule has 0 aromatic carbocycles. The van der Waals surface area contributed by atoms with E-state index in [1.54, 1.807) is 20.8 Å². The van der Waals surface area contributed by atoms with Gasteiger partial charge in [-0.1, -0.05) is 13.8 Å². The Bertz CT molecular complexity index is 234. The van der Waals surface area contributed by atoms with Gasteiger partial charge in [0.15, 0.2) is 0 Å². The fraction of sp³-hybridized carbons (Fsp3) is 0.818. The molecule has 0 aromatic rings. The van der Waals surface area contributed by atoms with Crippen LogP contribution >= 0.6 is 0 Å². The average molecular weight is 230 g/mol. The molecule has 5 nitrogen and oxygen atoms in total. The molecule has 0 aliphatic heterocycles. The average Bonchev–Trinajstić information content (AvgIpc) is 2.08. The van der Waals surface area contributed by atoms with E-state index < -0.39 is 11.7 Å². The van der Waals surface area contributed by atoms with Gasteiger partial charge in [0.25, 0.3) is 0 Å². The molecule has 0 aliphatic rings. The van der Waals surface area contributed by atoms with E-state index in [-0.39, 0.29) is 12.0 Å². The highest BCUT2D eigenvalue weighted by molar-refractivity contribution is 5.68. The van der Waals surface area contributed by atoms with Gasteiger partial charge in [-0.05, 0) is 26.7 Å². The highest BCUT2D eigenvalue weighted by Gasteiger charge is 2.20. The molecule has 0 heterocycles. The second-order valence-electron chi connectivity index (χ2n) is 5.02. The van der Waals surface area contributed by atoms with Crippen molar-refractivity contribution in [2.45, 2.75) is 46.3 Å². The first-order chi connectivity index (χ1) is 7.26. The van der Waals surface area contributed by atoms with Crippen molar-refractivity contribution in [1.29, 1.82) is 0 Å². The number of rotatable bonds is 5. The Kier molecular flexibility index (Phi) is 5.85. The SMILES string of the molecule is CC(C)C(CNC=O)NC(=O)OC(C)(C)C.